The maximum Gasteiger partial charge on any atom is 0.410 e. The van der Waals surface area contributed by atoms with E-state index in [2.05, 4.69) is 15.5 Å². The number of carbonyl (C=O) groups excluding carboxylic acids is 2. The summed E-state index contributed by atoms with van der Waals surface area (Å²) in [6.45, 7) is 1.56. The van der Waals surface area contributed by atoms with Crippen molar-refractivity contribution in [3.05, 3.63) is 90.3 Å². The maximum atomic E-state index is 13.4. The summed E-state index contributed by atoms with van der Waals surface area (Å²) in [5.41, 5.74) is 4.28. The van der Waals surface area contributed by atoms with Gasteiger partial charge in [0.1, 0.15) is 36.6 Å². The van der Waals surface area contributed by atoms with Gasteiger partial charge in [0.25, 0.3) is 0 Å². The average molecular weight is 583 g/mol. The molecule has 1 saturated heterocycles. The predicted octanol–water partition coefficient (Wildman–Crippen LogP) is 5.46. The van der Waals surface area contributed by atoms with E-state index in [0.717, 1.165) is 33.8 Å². The van der Waals surface area contributed by atoms with Gasteiger partial charge in [-0.1, -0.05) is 36.4 Å². The molecule has 10 heteroatoms. The minimum Gasteiger partial charge on any atom is -0.497 e. The standard InChI is InChI=1S/C33H34N4O6/c1-40-28-8-10-30-24(16-28)15-25(21-41-30)32(38)36-29-9-7-23(26-18-34-35-19-26)17-31(29)43-27-11-13-37(14-12-27)33(39)42-20-22-5-3-2-4-6-22/h2-10,16-19,25,27H,11-15,20-21H2,1H3,(H,34,35)(H,36,38)/t25-/m0/s1. The van der Waals surface area contributed by atoms with Crippen molar-refractivity contribution >= 4 is 17.7 Å². The van der Waals surface area contributed by atoms with Crippen molar-refractivity contribution in [2.75, 3.05) is 32.1 Å². The van der Waals surface area contributed by atoms with Gasteiger partial charge in [-0.2, -0.15) is 5.10 Å². The van der Waals surface area contributed by atoms with Crippen molar-refractivity contribution in [2.45, 2.75) is 32.0 Å². The third kappa shape index (κ3) is 6.74. The number of rotatable bonds is 8. The molecule has 0 radical (unpaired) electrons. The lowest BCUT2D eigenvalue weighted by Crippen LogP contribution is -2.42. The lowest BCUT2D eigenvalue weighted by atomic mass is 9.95. The van der Waals surface area contributed by atoms with Crippen LogP contribution in [0.2, 0.25) is 0 Å². The number of fused-ring (bicyclic) bond motifs is 1. The van der Waals surface area contributed by atoms with Crippen LogP contribution in [0.15, 0.2) is 79.1 Å². The lowest BCUT2D eigenvalue weighted by Gasteiger charge is -2.32. The molecule has 1 atom stereocenters. The number of aromatic nitrogens is 2. The van der Waals surface area contributed by atoms with Gasteiger partial charge in [0, 0.05) is 37.7 Å². The number of aromatic amines is 1. The van der Waals surface area contributed by atoms with Gasteiger partial charge < -0.3 is 29.2 Å². The number of hydrogen-bond donors (Lipinski definition) is 2. The molecule has 0 unspecified atom stereocenters. The number of amides is 2. The average Bonchev–Trinajstić information content (AvgIpc) is 3.60. The molecule has 222 valence electrons. The molecule has 2 N–H and O–H groups in total. The topological polar surface area (TPSA) is 115 Å². The predicted molar refractivity (Wildman–Crippen MR) is 160 cm³/mol. The highest BCUT2D eigenvalue weighted by Gasteiger charge is 2.29. The monoisotopic (exact) mass is 582 g/mol. The van der Waals surface area contributed by atoms with Gasteiger partial charge in [0.15, 0.2) is 0 Å². The molecule has 2 aliphatic rings. The van der Waals surface area contributed by atoms with Crippen LogP contribution in [0.1, 0.15) is 24.0 Å². The second-order valence-electron chi connectivity index (χ2n) is 10.7. The van der Waals surface area contributed by atoms with E-state index in [1.165, 1.54) is 0 Å². The van der Waals surface area contributed by atoms with E-state index in [-0.39, 0.29) is 37.2 Å². The zero-order valence-electron chi connectivity index (χ0n) is 24.0. The normalized spacial score (nSPS) is 16.5. The van der Waals surface area contributed by atoms with Gasteiger partial charge in [-0.25, -0.2) is 4.79 Å². The van der Waals surface area contributed by atoms with Crippen LogP contribution >= 0.6 is 0 Å². The smallest absolute Gasteiger partial charge is 0.410 e. The number of hydrogen-bond acceptors (Lipinski definition) is 7. The van der Waals surface area contributed by atoms with Gasteiger partial charge in [0.05, 0.1) is 24.9 Å². The third-order valence-electron chi connectivity index (χ3n) is 7.81. The van der Waals surface area contributed by atoms with E-state index in [9.17, 15) is 9.59 Å². The first-order valence-corrected chi connectivity index (χ1v) is 14.4. The van der Waals surface area contributed by atoms with Crippen LogP contribution in [-0.4, -0.2) is 60.0 Å². The first-order chi connectivity index (χ1) is 21.1. The van der Waals surface area contributed by atoms with E-state index in [0.29, 0.717) is 43.8 Å². The molecule has 3 aromatic carbocycles. The van der Waals surface area contributed by atoms with Crippen LogP contribution in [-0.2, 0) is 22.6 Å². The van der Waals surface area contributed by atoms with Gasteiger partial charge >= 0.3 is 6.09 Å². The number of ether oxygens (including phenoxy) is 4. The number of piperidine rings is 1. The molecule has 43 heavy (non-hydrogen) atoms. The summed E-state index contributed by atoms with van der Waals surface area (Å²) in [5, 5.41) is 9.97. The van der Waals surface area contributed by atoms with E-state index in [1.807, 2.05) is 72.9 Å². The summed E-state index contributed by atoms with van der Waals surface area (Å²) in [6.07, 6.45) is 4.90. The molecular formula is C33H34N4O6. The van der Waals surface area contributed by atoms with Crippen LogP contribution in [0.3, 0.4) is 0 Å². The highest BCUT2D eigenvalue weighted by atomic mass is 16.6. The van der Waals surface area contributed by atoms with Crippen LogP contribution in [0.4, 0.5) is 10.5 Å². The Labute approximate surface area is 249 Å². The number of H-pyrrole nitrogens is 1. The second-order valence-corrected chi connectivity index (χ2v) is 10.7. The molecule has 0 spiro atoms. The molecule has 3 heterocycles. The fourth-order valence-electron chi connectivity index (χ4n) is 5.36. The van der Waals surface area contributed by atoms with E-state index in [4.69, 9.17) is 18.9 Å². The number of nitrogens with zero attached hydrogens (tertiary/aromatic N) is 2. The summed E-state index contributed by atoms with van der Waals surface area (Å²) in [5.74, 6) is 1.55. The van der Waals surface area contributed by atoms with E-state index >= 15 is 0 Å². The van der Waals surface area contributed by atoms with E-state index in [1.54, 1.807) is 18.2 Å². The molecule has 4 aromatic rings. The minimum atomic E-state index is -0.369. The van der Waals surface area contributed by atoms with Crippen molar-refractivity contribution in [3.8, 4) is 28.4 Å². The Hall–Kier alpha value is -4.99. The lowest BCUT2D eigenvalue weighted by molar-refractivity contribution is -0.121. The summed E-state index contributed by atoms with van der Waals surface area (Å²) in [4.78, 5) is 27.8. The highest BCUT2D eigenvalue weighted by Crippen LogP contribution is 2.35. The second kappa shape index (κ2) is 12.9. The molecule has 1 aromatic heterocycles. The Morgan fingerprint density at radius 3 is 2.65 bits per heavy atom. The Morgan fingerprint density at radius 1 is 1.05 bits per heavy atom. The number of nitrogens with one attached hydrogen (secondary N) is 2. The van der Waals surface area contributed by atoms with Crippen LogP contribution in [0.5, 0.6) is 17.2 Å². The van der Waals surface area contributed by atoms with E-state index < -0.39 is 0 Å². The molecule has 6 rings (SSSR count). The molecule has 10 nitrogen and oxygen atoms in total. The van der Waals surface area contributed by atoms with Gasteiger partial charge in [0.2, 0.25) is 5.91 Å². The zero-order valence-corrected chi connectivity index (χ0v) is 24.0. The molecule has 1 fully saturated rings. The van der Waals surface area contributed by atoms with Crippen LogP contribution < -0.4 is 19.5 Å². The molecule has 0 saturated carbocycles. The number of carbonyl (C=O) groups is 2. The Bertz CT molecular complexity index is 1550. The van der Waals surface area contributed by atoms with Crippen LogP contribution in [0.25, 0.3) is 11.1 Å². The van der Waals surface area contributed by atoms with Crippen molar-refractivity contribution < 1.29 is 28.5 Å². The van der Waals surface area contributed by atoms with Gasteiger partial charge in [-0.15, -0.1) is 0 Å². The molecule has 2 aliphatic heterocycles. The number of benzene rings is 3. The Morgan fingerprint density at radius 2 is 1.88 bits per heavy atom. The summed E-state index contributed by atoms with van der Waals surface area (Å²) in [7, 11) is 1.62. The largest absolute Gasteiger partial charge is 0.497 e. The Balaban J connectivity index is 1.11. The summed E-state index contributed by atoms with van der Waals surface area (Å²) in [6, 6.07) is 21.0. The summed E-state index contributed by atoms with van der Waals surface area (Å²) >= 11 is 0. The maximum absolute atomic E-state index is 13.4. The van der Waals surface area contributed by atoms with Crippen LogP contribution in [0, 0.1) is 5.92 Å². The minimum absolute atomic E-state index is 0.134. The molecule has 0 aliphatic carbocycles. The third-order valence-corrected chi connectivity index (χ3v) is 7.81. The van der Waals surface area contributed by atoms with Gasteiger partial charge in [-0.3, -0.25) is 9.89 Å². The quantitative estimate of drug-likeness (QED) is 0.284. The number of methoxy groups -OCH3 is 1. The van der Waals surface area contributed by atoms with Crippen molar-refractivity contribution in [1.29, 1.82) is 0 Å². The number of likely N-dealkylation sites (tertiary alicyclic amines) is 1. The first-order valence-electron chi connectivity index (χ1n) is 14.4. The Kier molecular flexibility index (Phi) is 8.44. The zero-order chi connectivity index (χ0) is 29.6. The van der Waals surface area contributed by atoms with Crippen molar-refractivity contribution in [1.82, 2.24) is 15.1 Å². The molecular weight excluding hydrogens is 548 g/mol. The van der Waals surface area contributed by atoms with Gasteiger partial charge in [-0.05, 0) is 53.4 Å². The first kappa shape index (κ1) is 28.1. The molecule has 0 bridgehead atoms. The van der Waals surface area contributed by atoms with Crippen molar-refractivity contribution in [2.24, 2.45) is 5.92 Å². The fraction of sp³-hybridized carbons (Fsp3) is 0.303. The number of anilines is 1. The fourth-order valence-corrected chi connectivity index (χ4v) is 5.36. The van der Waals surface area contributed by atoms with Crippen molar-refractivity contribution in [3.63, 3.8) is 0 Å². The summed E-state index contributed by atoms with van der Waals surface area (Å²) < 4.78 is 23.2. The molecule has 2 amide bonds. The SMILES string of the molecule is COc1ccc2c(c1)C[C@H](C(=O)Nc1ccc(-c3cn[nH]c3)cc1OC1CCN(C(=O)OCc3ccccc3)CC1)CO2. The highest BCUT2D eigenvalue weighted by molar-refractivity contribution is 5.95.